The zero-order valence-corrected chi connectivity index (χ0v) is 13.6. The Morgan fingerprint density at radius 2 is 1.89 bits per heavy atom. The first kappa shape index (κ1) is 21.3. The molecule has 0 spiro atoms. The molecule has 0 saturated carbocycles. The van der Waals surface area contributed by atoms with Crippen LogP contribution < -0.4 is 22.1 Å². The van der Waals surface area contributed by atoms with E-state index in [2.05, 4.69) is 10.3 Å². The van der Waals surface area contributed by atoms with Crippen LogP contribution in [0.3, 0.4) is 0 Å². The Balaban J connectivity index is 2.93. The van der Waals surface area contributed by atoms with E-state index in [4.69, 9.17) is 23.0 Å². The molecule has 2 amide bonds. The van der Waals surface area contributed by atoms with Gasteiger partial charge in [0.05, 0.1) is 13.0 Å². The number of carbonyl (C=O) groups excluding carboxylic acids is 2. The molecule has 144 valence electrons. The number of nitrogens with zero attached hydrogens (tertiary/aromatic N) is 1. The molecule has 12 heteroatoms. The molecule has 1 atom stereocenters. The SMILES string of the molecule is C#C[C@H](CC(=O)O)NC(=O)CNC(=O)c1c(F)c(F)cc(N=C(N)N)c1F. The van der Waals surface area contributed by atoms with Crippen LogP contribution in [0.5, 0.6) is 0 Å². The lowest BCUT2D eigenvalue weighted by atomic mass is 10.1. The van der Waals surface area contributed by atoms with Crippen LogP contribution in [0, 0.1) is 29.8 Å². The third-order valence-corrected chi connectivity index (χ3v) is 2.94. The van der Waals surface area contributed by atoms with Gasteiger partial charge in [-0.1, -0.05) is 5.92 Å². The summed E-state index contributed by atoms with van der Waals surface area (Å²) in [5, 5.41) is 12.5. The van der Waals surface area contributed by atoms with E-state index in [9.17, 15) is 27.6 Å². The Morgan fingerprint density at radius 1 is 1.26 bits per heavy atom. The van der Waals surface area contributed by atoms with E-state index in [1.807, 2.05) is 11.2 Å². The second kappa shape index (κ2) is 9.09. The summed E-state index contributed by atoms with van der Waals surface area (Å²) in [6, 6.07) is -0.819. The fourth-order valence-corrected chi connectivity index (χ4v) is 1.83. The molecule has 7 N–H and O–H groups in total. The van der Waals surface area contributed by atoms with Crippen LogP contribution in [0.4, 0.5) is 18.9 Å². The number of hydrogen-bond acceptors (Lipinski definition) is 4. The summed E-state index contributed by atoms with van der Waals surface area (Å²) in [6.45, 7) is -0.816. The Morgan fingerprint density at radius 3 is 2.41 bits per heavy atom. The molecule has 0 unspecified atom stereocenters. The highest BCUT2D eigenvalue weighted by Gasteiger charge is 2.25. The summed E-state index contributed by atoms with van der Waals surface area (Å²) >= 11 is 0. The van der Waals surface area contributed by atoms with E-state index in [1.165, 1.54) is 0 Å². The molecule has 0 aliphatic carbocycles. The van der Waals surface area contributed by atoms with Crippen molar-refractivity contribution in [3.05, 3.63) is 29.1 Å². The Labute approximate surface area is 150 Å². The number of carbonyl (C=O) groups is 3. The van der Waals surface area contributed by atoms with E-state index in [0.717, 1.165) is 0 Å². The van der Waals surface area contributed by atoms with Crippen molar-refractivity contribution in [2.45, 2.75) is 12.5 Å². The van der Waals surface area contributed by atoms with Crippen molar-refractivity contribution in [2.24, 2.45) is 16.5 Å². The highest BCUT2D eigenvalue weighted by molar-refractivity contribution is 5.98. The number of nitrogens with two attached hydrogens (primary N) is 2. The van der Waals surface area contributed by atoms with Crippen molar-refractivity contribution in [3.8, 4) is 12.3 Å². The number of terminal acetylenes is 1. The molecular formula is C15H14F3N5O4. The lowest BCUT2D eigenvalue weighted by molar-refractivity contribution is -0.137. The van der Waals surface area contributed by atoms with E-state index >= 15 is 0 Å². The van der Waals surface area contributed by atoms with Gasteiger partial charge in [0, 0.05) is 6.07 Å². The van der Waals surface area contributed by atoms with Crippen molar-refractivity contribution in [1.29, 1.82) is 0 Å². The number of rotatable bonds is 7. The van der Waals surface area contributed by atoms with Gasteiger partial charge in [0.1, 0.15) is 17.3 Å². The van der Waals surface area contributed by atoms with Crippen LogP contribution >= 0.6 is 0 Å². The zero-order chi connectivity index (χ0) is 20.7. The minimum Gasteiger partial charge on any atom is -0.481 e. The largest absolute Gasteiger partial charge is 0.481 e. The molecular weight excluding hydrogens is 371 g/mol. The summed E-state index contributed by atoms with van der Waals surface area (Å²) in [5.41, 5.74) is 7.90. The average molecular weight is 385 g/mol. The molecule has 0 radical (unpaired) electrons. The normalized spacial score (nSPS) is 11.0. The van der Waals surface area contributed by atoms with E-state index < -0.39 is 71.5 Å². The van der Waals surface area contributed by atoms with Gasteiger partial charge in [-0.05, 0) is 0 Å². The second-order valence-corrected chi connectivity index (χ2v) is 4.98. The maximum absolute atomic E-state index is 14.2. The fraction of sp³-hybridized carbons (Fsp3) is 0.200. The van der Waals surface area contributed by atoms with E-state index in [-0.39, 0.29) is 0 Å². The van der Waals surface area contributed by atoms with Crippen LogP contribution in [-0.4, -0.2) is 41.4 Å². The molecule has 0 fully saturated rings. The summed E-state index contributed by atoms with van der Waals surface area (Å²) in [6.07, 6.45) is 4.46. The van der Waals surface area contributed by atoms with Gasteiger partial charge in [0.25, 0.3) is 5.91 Å². The molecule has 0 bridgehead atoms. The number of halogens is 3. The van der Waals surface area contributed by atoms with Gasteiger partial charge in [-0.25, -0.2) is 18.2 Å². The minimum absolute atomic E-state index is 0.345. The topological polar surface area (TPSA) is 160 Å². The predicted molar refractivity (Wildman–Crippen MR) is 87.1 cm³/mol. The molecule has 0 aliphatic rings. The third kappa shape index (κ3) is 5.92. The van der Waals surface area contributed by atoms with Gasteiger partial charge in [-0.15, -0.1) is 6.42 Å². The zero-order valence-electron chi connectivity index (χ0n) is 13.6. The lowest BCUT2D eigenvalue weighted by Crippen LogP contribution is -2.42. The quantitative estimate of drug-likeness (QED) is 0.181. The number of benzene rings is 1. The molecule has 0 aliphatic heterocycles. The van der Waals surface area contributed by atoms with E-state index in [0.29, 0.717) is 6.07 Å². The number of nitrogens with one attached hydrogen (secondary N) is 2. The van der Waals surface area contributed by atoms with Crippen molar-refractivity contribution in [1.82, 2.24) is 10.6 Å². The monoisotopic (exact) mass is 385 g/mol. The molecule has 1 rings (SSSR count). The van der Waals surface area contributed by atoms with Crippen LogP contribution in [0.2, 0.25) is 0 Å². The van der Waals surface area contributed by atoms with Crippen molar-refractivity contribution in [3.63, 3.8) is 0 Å². The smallest absolute Gasteiger partial charge is 0.306 e. The van der Waals surface area contributed by atoms with Gasteiger partial charge in [0.2, 0.25) is 5.91 Å². The Hall–Kier alpha value is -3.75. The molecule has 1 aromatic carbocycles. The van der Waals surface area contributed by atoms with Crippen LogP contribution in [0.1, 0.15) is 16.8 Å². The Bertz CT molecular complexity index is 847. The van der Waals surface area contributed by atoms with Gasteiger partial charge in [-0.2, -0.15) is 0 Å². The van der Waals surface area contributed by atoms with Crippen LogP contribution in [0.15, 0.2) is 11.1 Å². The second-order valence-electron chi connectivity index (χ2n) is 4.98. The fourth-order valence-electron chi connectivity index (χ4n) is 1.83. The number of hydrogen-bond donors (Lipinski definition) is 5. The van der Waals surface area contributed by atoms with Crippen molar-refractivity contribution < 1.29 is 32.7 Å². The number of carboxylic acids is 1. The third-order valence-electron chi connectivity index (χ3n) is 2.94. The van der Waals surface area contributed by atoms with Crippen molar-refractivity contribution in [2.75, 3.05) is 6.54 Å². The summed E-state index contributed by atoms with van der Waals surface area (Å²) < 4.78 is 41.5. The first-order valence-electron chi connectivity index (χ1n) is 7.09. The predicted octanol–water partition coefficient (Wildman–Crippen LogP) is -0.669. The summed E-state index contributed by atoms with van der Waals surface area (Å²) in [4.78, 5) is 37.4. The maximum Gasteiger partial charge on any atom is 0.306 e. The maximum atomic E-state index is 14.2. The van der Waals surface area contributed by atoms with Crippen molar-refractivity contribution >= 4 is 29.4 Å². The number of amides is 2. The number of carboxylic acid groups (broad SMARTS) is 1. The molecule has 27 heavy (non-hydrogen) atoms. The summed E-state index contributed by atoms with van der Waals surface area (Å²) in [5.74, 6) is -7.30. The highest BCUT2D eigenvalue weighted by Crippen LogP contribution is 2.26. The van der Waals surface area contributed by atoms with Crippen LogP contribution in [0.25, 0.3) is 0 Å². The minimum atomic E-state index is -1.81. The first-order chi connectivity index (χ1) is 12.6. The average Bonchev–Trinajstić information content (AvgIpc) is 2.56. The first-order valence-corrected chi connectivity index (χ1v) is 7.09. The molecule has 9 nitrogen and oxygen atoms in total. The van der Waals surface area contributed by atoms with E-state index in [1.54, 1.807) is 0 Å². The molecule has 1 aromatic rings. The molecule has 0 heterocycles. The van der Waals surface area contributed by atoms with Gasteiger partial charge in [-0.3, -0.25) is 14.4 Å². The number of aliphatic imine (C=N–C) groups is 1. The summed E-state index contributed by atoms with van der Waals surface area (Å²) in [7, 11) is 0. The lowest BCUT2D eigenvalue weighted by Gasteiger charge is -2.12. The van der Waals surface area contributed by atoms with Gasteiger partial charge < -0.3 is 27.2 Å². The highest BCUT2D eigenvalue weighted by atomic mass is 19.2. The van der Waals surface area contributed by atoms with Gasteiger partial charge >= 0.3 is 5.97 Å². The number of aliphatic carboxylic acids is 1. The van der Waals surface area contributed by atoms with Gasteiger partial charge in [0.15, 0.2) is 23.4 Å². The Kier molecular flexibility index (Phi) is 7.17. The number of guanidine groups is 1. The standard InChI is InChI=1S/C15H14F3N5O4/c1-2-6(3-10(25)26)22-9(24)5-21-14(27)11-12(17)7(16)4-8(13(11)18)23-15(19)20/h1,4,6H,3,5H2,(H,21,27)(H,22,24)(H,25,26)(H4,19,20,23)/t6-/m1/s1. The molecule has 0 aromatic heterocycles. The van der Waals surface area contributed by atoms with Crippen LogP contribution in [-0.2, 0) is 9.59 Å². The molecule has 0 saturated heterocycles.